The van der Waals surface area contributed by atoms with Gasteiger partial charge in [0.25, 0.3) is 0 Å². The Morgan fingerprint density at radius 1 is 1.40 bits per heavy atom. The maximum atomic E-state index is 11.5. The van der Waals surface area contributed by atoms with Crippen LogP contribution in [0.1, 0.15) is 36.9 Å². The van der Waals surface area contributed by atoms with E-state index >= 15 is 0 Å². The lowest BCUT2D eigenvalue weighted by Crippen LogP contribution is -2.39. The zero-order chi connectivity index (χ0) is 14.5. The maximum absolute atomic E-state index is 11.5. The van der Waals surface area contributed by atoms with Crippen LogP contribution in [0.25, 0.3) is 0 Å². The Morgan fingerprint density at radius 3 is 2.80 bits per heavy atom. The van der Waals surface area contributed by atoms with Crippen LogP contribution in [-0.4, -0.2) is 41.7 Å². The van der Waals surface area contributed by atoms with Gasteiger partial charge in [-0.3, -0.25) is 4.79 Å². The molecule has 4 heteroatoms. The summed E-state index contributed by atoms with van der Waals surface area (Å²) in [5, 5.41) is 13.4. The minimum absolute atomic E-state index is 0.163. The average molecular weight is 276 g/mol. The zero-order valence-corrected chi connectivity index (χ0v) is 12.3. The molecule has 110 valence electrons. The van der Waals surface area contributed by atoms with Crippen molar-refractivity contribution >= 4 is 5.91 Å². The molecule has 1 aliphatic rings. The second-order valence-corrected chi connectivity index (χ2v) is 5.58. The van der Waals surface area contributed by atoms with Crippen molar-refractivity contribution in [1.82, 2.24) is 10.2 Å². The summed E-state index contributed by atoms with van der Waals surface area (Å²) in [6, 6.07) is 8.44. The lowest BCUT2D eigenvalue weighted by Gasteiger charge is -2.22. The van der Waals surface area contributed by atoms with Crippen LogP contribution in [0.3, 0.4) is 0 Å². The van der Waals surface area contributed by atoms with Crippen LogP contribution in [-0.2, 0) is 4.79 Å². The lowest BCUT2D eigenvalue weighted by atomic mass is 10.0. The summed E-state index contributed by atoms with van der Waals surface area (Å²) in [5.41, 5.74) is 2.49. The molecule has 0 bridgehead atoms. The van der Waals surface area contributed by atoms with E-state index in [4.69, 9.17) is 0 Å². The molecule has 1 aromatic rings. The topological polar surface area (TPSA) is 52.6 Å². The molecular weight excluding hydrogens is 252 g/mol. The highest BCUT2D eigenvalue weighted by Crippen LogP contribution is 2.16. The van der Waals surface area contributed by atoms with Crippen molar-refractivity contribution in [2.24, 2.45) is 0 Å². The van der Waals surface area contributed by atoms with Gasteiger partial charge in [-0.1, -0.05) is 24.3 Å². The quantitative estimate of drug-likeness (QED) is 0.830. The standard InChI is InChI=1S/C16H24N2O2/c1-12-6-3-4-7-15(12)13(2)17-10-14(19)11-18-9-5-8-16(18)20/h3-4,6-7,13-14,17,19H,5,8-11H2,1-2H3/t13-,14-/m1/s1. The molecular formula is C16H24N2O2. The maximum Gasteiger partial charge on any atom is 0.222 e. The van der Waals surface area contributed by atoms with Gasteiger partial charge in [-0.25, -0.2) is 0 Å². The SMILES string of the molecule is Cc1ccccc1[C@@H](C)NC[C@@H](O)CN1CCCC1=O. The third-order valence-electron chi connectivity index (χ3n) is 3.92. The molecule has 0 radical (unpaired) electrons. The average Bonchev–Trinajstić information content (AvgIpc) is 2.82. The van der Waals surface area contributed by atoms with Gasteiger partial charge in [-0.2, -0.15) is 0 Å². The molecule has 4 nitrogen and oxygen atoms in total. The lowest BCUT2D eigenvalue weighted by molar-refractivity contribution is -0.128. The van der Waals surface area contributed by atoms with Crippen LogP contribution < -0.4 is 5.32 Å². The highest BCUT2D eigenvalue weighted by Gasteiger charge is 2.22. The molecule has 0 unspecified atom stereocenters. The number of aryl methyl sites for hydroxylation is 1. The number of nitrogens with zero attached hydrogens (tertiary/aromatic N) is 1. The number of β-amino-alcohol motifs (C(OH)–C–C–N with tert-alkyl or cyclic N) is 1. The van der Waals surface area contributed by atoms with Crippen LogP contribution >= 0.6 is 0 Å². The van der Waals surface area contributed by atoms with Crippen molar-refractivity contribution in [2.45, 2.75) is 38.8 Å². The first-order valence-electron chi connectivity index (χ1n) is 7.32. The number of amides is 1. The minimum Gasteiger partial charge on any atom is -0.390 e. The zero-order valence-electron chi connectivity index (χ0n) is 12.3. The number of nitrogens with one attached hydrogen (secondary N) is 1. The van der Waals surface area contributed by atoms with Gasteiger partial charge in [0.2, 0.25) is 5.91 Å². The summed E-state index contributed by atoms with van der Waals surface area (Å²) in [7, 11) is 0. The highest BCUT2D eigenvalue weighted by molar-refractivity contribution is 5.78. The van der Waals surface area contributed by atoms with Crippen LogP contribution in [0.2, 0.25) is 0 Å². The van der Waals surface area contributed by atoms with Crippen LogP contribution in [0.4, 0.5) is 0 Å². The summed E-state index contributed by atoms with van der Waals surface area (Å²) in [5.74, 6) is 0.163. The molecule has 0 aromatic heterocycles. The van der Waals surface area contributed by atoms with Gasteiger partial charge < -0.3 is 15.3 Å². The van der Waals surface area contributed by atoms with Gasteiger partial charge in [0.15, 0.2) is 0 Å². The predicted molar refractivity (Wildman–Crippen MR) is 79.4 cm³/mol. The Bertz CT molecular complexity index is 462. The number of carbonyl (C=O) groups excluding carboxylic acids is 1. The first-order valence-corrected chi connectivity index (χ1v) is 7.32. The third kappa shape index (κ3) is 3.81. The fourth-order valence-electron chi connectivity index (χ4n) is 2.71. The van der Waals surface area contributed by atoms with E-state index in [1.165, 1.54) is 11.1 Å². The van der Waals surface area contributed by atoms with Crippen LogP contribution in [0, 0.1) is 6.92 Å². The van der Waals surface area contributed by atoms with E-state index in [0.717, 1.165) is 13.0 Å². The first kappa shape index (κ1) is 15.0. The number of aliphatic hydroxyl groups is 1. The van der Waals surface area contributed by atoms with Crippen molar-refractivity contribution in [3.05, 3.63) is 35.4 Å². The Hall–Kier alpha value is -1.39. The molecule has 0 saturated carbocycles. The Kier molecular flexibility index (Phi) is 5.15. The van der Waals surface area contributed by atoms with Crippen molar-refractivity contribution in [3.63, 3.8) is 0 Å². The molecule has 2 atom stereocenters. The molecule has 1 amide bonds. The summed E-state index contributed by atoms with van der Waals surface area (Å²) in [6.07, 6.45) is 1.03. The third-order valence-corrected chi connectivity index (χ3v) is 3.92. The Morgan fingerprint density at radius 2 is 2.15 bits per heavy atom. The molecule has 2 N–H and O–H groups in total. The Balaban J connectivity index is 1.79. The highest BCUT2D eigenvalue weighted by atomic mass is 16.3. The largest absolute Gasteiger partial charge is 0.390 e. The van der Waals surface area contributed by atoms with E-state index in [2.05, 4.69) is 31.3 Å². The number of carbonyl (C=O) groups is 1. The fraction of sp³-hybridized carbons (Fsp3) is 0.562. The van der Waals surface area contributed by atoms with Crippen LogP contribution in [0.15, 0.2) is 24.3 Å². The van der Waals surface area contributed by atoms with E-state index in [9.17, 15) is 9.90 Å². The van der Waals surface area contributed by atoms with Crippen molar-refractivity contribution < 1.29 is 9.90 Å². The van der Waals surface area contributed by atoms with Gasteiger partial charge in [0.05, 0.1) is 6.10 Å². The van der Waals surface area contributed by atoms with E-state index in [-0.39, 0.29) is 11.9 Å². The fourth-order valence-corrected chi connectivity index (χ4v) is 2.71. The monoisotopic (exact) mass is 276 g/mol. The van der Waals surface area contributed by atoms with E-state index in [1.54, 1.807) is 4.90 Å². The van der Waals surface area contributed by atoms with Gasteiger partial charge in [-0.05, 0) is 31.4 Å². The van der Waals surface area contributed by atoms with Crippen molar-refractivity contribution in [2.75, 3.05) is 19.6 Å². The number of hydrogen-bond donors (Lipinski definition) is 2. The van der Waals surface area contributed by atoms with Gasteiger partial charge in [0, 0.05) is 32.1 Å². The molecule has 0 spiro atoms. The molecule has 20 heavy (non-hydrogen) atoms. The molecule has 2 rings (SSSR count). The summed E-state index contributed by atoms with van der Waals surface area (Å²) >= 11 is 0. The normalized spacial score (nSPS) is 18.4. The number of hydrogen-bond acceptors (Lipinski definition) is 3. The van der Waals surface area contributed by atoms with E-state index in [0.29, 0.717) is 19.5 Å². The van der Waals surface area contributed by atoms with Gasteiger partial charge in [-0.15, -0.1) is 0 Å². The first-order chi connectivity index (χ1) is 9.58. The van der Waals surface area contributed by atoms with Gasteiger partial charge in [0.1, 0.15) is 0 Å². The number of likely N-dealkylation sites (tertiary alicyclic amines) is 1. The second-order valence-electron chi connectivity index (χ2n) is 5.58. The van der Waals surface area contributed by atoms with Crippen molar-refractivity contribution in [1.29, 1.82) is 0 Å². The van der Waals surface area contributed by atoms with Crippen molar-refractivity contribution in [3.8, 4) is 0 Å². The summed E-state index contributed by atoms with van der Waals surface area (Å²) in [4.78, 5) is 13.3. The number of rotatable bonds is 6. The smallest absolute Gasteiger partial charge is 0.222 e. The molecule has 1 fully saturated rings. The number of aliphatic hydroxyl groups excluding tert-OH is 1. The number of benzene rings is 1. The van der Waals surface area contributed by atoms with E-state index < -0.39 is 6.10 Å². The second kappa shape index (κ2) is 6.86. The molecule has 0 aliphatic carbocycles. The molecule has 1 heterocycles. The van der Waals surface area contributed by atoms with E-state index in [1.807, 2.05) is 12.1 Å². The molecule has 1 aromatic carbocycles. The molecule has 1 aliphatic heterocycles. The molecule has 1 saturated heterocycles. The van der Waals surface area contributed by atoms with Crippen LogP contribution in [0.5, 0.6) is 0 Å². The summed E-state index contributed by atoms with van der Waals surface area (Å²) < 4.78 is 0. The Labute approximate surface area is 120 Å². The summed E-state index contributed by atoms with van der Waals surface area (Å²) in [6.45, 7) is 5.90. The predicted octanol–water partition coefficient (Wildman–Crippen LogP) is 1.63. The van der Waals surface area contributed by atoms with Gasteiger partial charge >= 0.3 is 0 Å². The minimum atomic E-state index is -0.511.